The molecule has 0 saturated carbocycles. The topological polar surface area (TPSA) is 38.8 Å². The summed E-state index contributed by atoms with van der Waals surface area (Å²) in [5, 5.41) is 0. The number of rotatable bonds is 1. The highest BCUT2D eigenvalue weighted by molar-refractivity contribution is 5.71. The molecule has 1 aromatic rings. The van der Waals surface area contributed by atoms with Crippen molar-refractivity contribution in [3.63, 3.8) is 0 Å². The van der Waals surface area contributed by atoms with Gasteiger partial charge in [0.1, 0.15) is 5.75 Å². The first-order valence-electron chi connectivity index (χ1n) is 7.03. The molecule has 1 amide bonds. The van der Waals surface area contributed by atoms with E-state index in [4.69, 9.17) is 9.47 Å². The number of carbonyl (C=O) groups excluding carboxylic acids is 1. The normalized spacial score (nSPS) is 16.1. The molecule has 0 radical (unpaired) electrons. The van der Waals surface area contributed by atoms with Crippen molar-refractivity contribution >= 4 is 6.09 Å². The van der Waals surface area contributed by atoms with E-state index in [9.17, 15) is 4.79 Å². The summed E-state index contributed by atoms with van der Waals surface area (Å²) in [5.74, 6) is 0.634. The molecular weight excluding hydrogens is 254 g/mol. The first-order chi connectivity index (χ1) is 9.38. The molecule has 4 heteroatoms. The van der Waals surface area contributed by atoms with Gasteiger partial charge in [-0.25, -0.2) is 4.79 Å². The Bertz CT molecular complexity index is 485. The molecule has 0 N–H and O–H groups in total. The van der Waals surface area contributed by atoms with Crippen molar-refractivity contribution in [3.05, 3.63) is 29.3 Å². The summed E-state index contributed by atoms with van der Waals surface area (Å²) >= 11 is 0. The molecular formula is C16H23NO3. The Morgan fingerprint density at radius 1 is 1.25 bits per heavy atom. The minimum Gasteiger partial charge on any atom is -0.410 e. The number of benzene rings is 1. The molecule has 1 aliphatic heterocycles. The average Bonchev–Trinajstić information content (AvgIpc) is 2.41. The predicted molar refractivity (Wildman–Crippen MR) is 78.3 cm³/mol. The summed E-state index contributed by atoms with van der Waals surface area (Å²) in [6.07, 6.45) is -0.292. The molecule has 0 spiro atoms. The van der Waals surface area contributed by atoms with Crippen LogP contribution >= 0.6 is 0 Å². The number of morpholine rings is 1. The third kappa shape index (κ3) is 3.51. The number of amides is 1. The molecule has 4 nitrogen and oxygen atoms in total. The van der Waals surface area contributed by atoms with Gasteiger partial charge in [0.05, 0.1) is 13.2 Å². The standard InChI is InChI=1S/C16H23NO3/c1-12-11-13(16(2,3)4)5-6-14(12)20-15(18)17-7-9-19-10-8-17/h5-6,11H,7-10H2,1-4H3. The Balaban J connectivity index is 2.08. The van der Waals surface area contributed by atoms with Gasteiger partial charge in [0.15, 0.2) is 0 Å². The van der Waals surface area contributed by atoms with E-state index in [0.717, 1.165) is 5.56 Å². The second kappa shape index (κ2) is 5.83. The fourth-order valence-corrected chi connectivity index (χ4v) is 2.13. The lowest BCUT2D eigenvalue weighted by Crippen LogP contribution is -2.42. The first kappa shape index (κ1) is 14.9. The van der Waals surface area contributed by atoms with Crippen LogP contribution < -0.4 is 4.74 Å². The van der Waals surface area contributed by atoms with Gasteiger partial charge in [0.25, 0.3) is 0 Å². The van der Waals surface area contributed by atoms with Gasteiger partial charge in [-0.1, -0.05) is 32.9 Å². The van der Waals surface area contributed by atoms with Crippen molar-refractivity contribution in [1.82, 2.24) is 4.90 Å². The van der Waals surface area contributed by atoms with Crippen LogP contribution in [-0.4, -0.2) is 37.3 Å². The average molecular weight is 277 g/mol. The van der Waals surface area contributed by atoms with E-state index in [1.54, 1.807) is 4.90 Å². The second-order valence-corrected chi connectivity index (χ2v) is 6.20. The van der Waals surface area contributed by atoms with E-state index < -0.39 is 0 Å². The van der Waals surface area contributed by atoms with Crippen LogP contribution in [0.25, 0.3) is 0 Å². The maximum absolute atomic E-state index is 12.0. The summed E-state index contributed by atoms with van der Waals surface area (Å²) < 4.78 is 10.7. The Hall–Kier alpha value is -1.55. The fraction of sp³-hybridized carbons (Fsp3) is 0.562. The van der Waals surface area contributed by atoms with E-state index in [-0.39, 0.29) is 11.5 Å². The van der Waals surface area contributed by atoms with E-state index in [0.29, 0.717) is 32.1 Å². The Morgan fingerprint density at radius 2 is 1.90 bits per heavy atom. The molecule has 110 valence electrons. The number of ether oxygens (including phenoxy) is 2. The molecule has 1 saturated heterocycles. The van der Waals surface area contributed by atoms with Crippen molar-refractivity contribution in [2.75, 3.05) is 26.3 Å². The third-order valence-electron chi connectivity index (χ3n) is 3.51. The number of nitrogens with zero attached hydrogens (tertiary/aromatic N) is 1. The van der Waals surface area contributed by atoms with E-state index in [1.165, 1.54) is 5.56 Å². The highest BCUT2D eigenvalue weighted by atomic mass is 16.6. The van der Waals surface area contributed by atoms with E-state index in [2.05, 4.69) is 26.8 Å². The summed E-state index contributed by atoms with van der Waals surface area (Å²) in [5.41, 5.74) is 2.32. The summed E-state index contributed by atoms with van der Waals surface area (Å²) in [4.78, 5) is 13.7. The van der Waals surface area contributed by atoms with Gasteiger partial charge in [-0.2, -0.15) is 0 Å². The lowest BCUT2D eigenvalue weighted by atomic mass is 9.86. The van der Waals surface area contributed by atoms with Gasteiger partial charge in [-0.3, -0.25) is 0 Å². The lowest BCUT2D eigenvalue weighted by Gasteiger charge is -2.26. The van der Waals surface area contributed by atoms with Crippen molar-refractivity contribution < 1.29 is 14.3 Å². The van der Waals surface area contributed by atoms with Crippen LogP contribution in [0, 0.1) is 6.92 Å². The number of carbonyl (C=O) groups is 1. The number of aryl methyl sites for hydroxylation is 1. The molecule has 0 unspecified atom stereocenters. The zero-order valence-electron chi connectivity index (χ0n) is 12.7. The van der Waals surface area contributed by atoms with Crippen molar-refractivity contribution in [2.24, 2.45) is 0 Å². The van der Waals surface area contributed by atoms with Crippen LogP contribution in [0.15, 0.2) is 18.2 Å². The van der Waals surface area contributed by atoms with Crippen LogP contribution in [0.5, 0.6) is 5.75 Å². The van der Waals surface area contributed by atoms with Crippen LogP contribution in [-0.2, 0) is 10.2 Å². The number of hydrogen-bond acceptors (Lipinski definition) is 3. The Labute approximate surface area is 120 Å². The Kier molecular flexibility index (Phi) is 4.33. The smallest absolute Gasteiger partial charge is 0.410 e. The maximum Gasteiger partial charge on any atom is 0.415 e. The largest absolute Gasteiger partial charge is 0.415 e. The van der Waals surface area contributed by atoms with Gasteiger partial charge in [-0.15, -0.1) is 0 Å². The minimum atomic E-state index is -0.292. The van der Waals surface area contributed by atoms with Gasteiger partial charge in [0, 0.05) is 13.1 Å². The molecule has 0 bridgehead atoms. The molecule has 1 aliphatic rings. The quantitative estimate of drug-likeness (QED) is 0.791. The predicted octanol–water partition coefficient (Wildman–Crippen LogP) is 3.12. The van der Waals surface area contributed by atoms with Gasteiger partial charge in [-0.05, 0) is 29.5 Å². The van der Waals surface area contributed by atoms with Crippen LogP contribution in [0.3, 0.4) is 0 Å². The molecule has 0 aromatic heterocycles. The zero-order chi connectivity index (χ0) is 14.8. The lowest BCUT2D eigenvalue weighted by molar-refractivity contribution is 0.0415. The highest BCUT2D eigenvalue weighted by Crippen LogP contribution is 2.27. The van der Waals surface area contributed by atoms with Crippen molar-refractivity contribution in [2.45, 2.75) is 33.1 Å². The number of hydrogen-bond donors (Lipinski definition) is 0. The zero-order valence-corrected chi connectivity index (χ0v) is 12.7. The van der Waals surface area contributed by atoms with Gasteiger partial charge >= 0.3 is 6.09 Å². The molecule has 1 fully saturated rings. The molecule has 0 aliphatic carbocycles. The van der Waals surface area contributed by atoms with E-state index >= 15 is 0 Å². The Morgan fingerprint density at radius 3 is 2.45 bits per heavy atom. The van der Waals surface area contributed by atoms with Crippen molar-refractivity contribution in [1.29, 1.82) is 0 Å². The van der Waals surface area contributed by atoms with Gasteiger partial charge < -0.3 is 14.4 Å². The molecule has 20 heavy (non-hydrogen) atoms. The molecule has 1 aromatic carbocycles. The SMILES string of the molecule is Cc1cc(C(C)(C)C)ccc1OC(=O)N1CCOCC1. The molecule has 0 atom stereocenters. The molecule has 1 heterocycles. The van der Waals surface area contributed by atoms with Crippen LogP contribution in [0.4, 0.5) is 4.79 Å². The summed E-state index contributed by atoms with van der Waals surface area (Å²) in [6.45, 7) is 10.8. The first-order valence-corrected chi connectivity index (χ1v) is 7.03. The van der Waals surface area contributed by atoms with E-state index in [1.807, 2.05) is 19.1 Å². The van der Waals surface area contributed by atoms with Crippen LogP contribution in [0.2, 0.25) is 0 Å². The monoisotopic (exact) mass is 277 g/mol. The maximum atomic E-state index is 12.0. The van der Waals surface area contributed by atoms with Crippen molar-refractivity contribution in [3.8, 4) is 5.75 Å². The third-order valence-corrected chi connectivity index (χ3v) is 3.51. The van der Waals surface area contributed by atoms with Crippen LogP contribution in [0.1, 0.15) is 31.9 Å². The second-order valence-electron chi connectivity index (χ2n) is 6.20. The highest BCUT2D eigenvalue weighted by Gasteiger charge is 2.20. The fourth-order valence-electron chi connectivity index (χ4n) is 2.13. The molecule has 2 rings (SSSR count). The summed E-state index contributed by atoms with van der Waals surface area (Å²) in [7, 11) is 0. The van der Waals surface area contributed by atoms with Gasteiger partial charge in [0.2, 0.25) is 0 Å². The summed E-state index contributed by atoms with van der Waals surface area (Å²) in [6, 6.07) is 5.99. The minimum absolute atomic E-state index is 0.0947.